The summed E-state index contributed by atoms with van der Waals surface area (Å²) in [5.74, 6) is 0.532. The first-order valence-corrected chi connectivity index (χ1v) is 7.58. The van der Waals surface area contributed by atoms with Crippen LogP contribution in [0.1, 0.15) is 11.1 Å². The molecule has 0 radical (unpaired) electrons. The predicted molar refractivity (Wildman–Crippen MR) is 95.4 cm³/mol. The first-order chi connectivity index (χ1) is 11.1. The summed E-state index contributed by atoms with van der Waals surface area (Å²) in [5, 5.41) is 3.37. The van der Waals surface area contributed by atoms with Gasteiger partial charge in [-0.15, -0.1) is 0 Å². The third kappa shape index (κ3) is 2.83. The Morgan fingerprint density at radius 3 is 2.57 bits per heavy atom. The average molecular weight is 324 g/mol. The normalized spacial score (nSPS) is 15.9. The molecular weight excluding hydrogens is 308 g/mol. The van der Waals surface area contributed by atoms with Crippen LogP contribution in [0.15, 0.2) is 54.2 Å². The molecule has 0 atom stereocenters. The topological polar surface area (TPSA) is 41.6 Å². The summed E-state index contributed by atoms with van der Waals surface area (Å²) in [6.07, 6.45) is 1.76. The molecule has 0 unspecified atom stereocenters. The Bertz CT molecular complexity index is 814. The second kappa shape index (κ2) is 6.22. The number of ether oxygens (including phenoxy) is 1. The molecule has 0 aliphatic carbocycles. The van der Waals surface area contributed by atoms with Gasteiger partial charge >= 0.3 is 0 Å². The van der Waals surface area contributed by atoms with Crippen LogP contribution in [0, 0.1) is 6.92 Å². The van der Waals surface area contributed by atoms with Crippen LogP contribution in [-0.2, 0) is 4.79 Å². The van der Waals surface area contributed by atoms with Crippen LogP contribution in [0.4, 0.5) is 5.69 Å². The number of nitrogens with one attached hydrogen (secondary N) is 1. The predicted octanol–water partition coefficient (Wildman–Crippen LogP) is 3.27. The van der Waals surface area contributed by atoms with Crippen LogP contribution in [0.2, 0.25) is 0 Å². The standard InChI is InChI=1S/C18H16N2O2S/c1-12-7-3-5-9-15(12)20-17(21)14(19-18(20)23)11-13-8-4-6-10-16(13)22-2/h3-11H,1-2H3,(H,19,23)/b14-11-. The van der Waals surface area contributed by atoms with E-state index in [4.69, 9.17) is 17.0 Å². The second-order valence-corrected chi connectivity index (χ2v) is 5.54. The molecule has 5 heteroatoms. The highest BCUT2D eigenvalue weighted by Crippen LogP contribution is 2.27. The summed E-state index contributed by atoms with van der Waals surface area (Å²) >= 11 is 5.34. The number of aryl methyl sites for hydroxylation is 1. The molecule has 1 saturated heterocycles. The summed E-state index contributed by atoms with van der Waals surface area (Å²) in [4.78, 5) is 14.3. The highest BCUT2D eigenvalue weighted by molar-refractivity contribution is 7.80. The van der Waals surface area contributed by atoms with E-state index in [0.717, 1.165) is 16.8 Å². The third-order valence-corrected chi connectivity index (χ3v) is 3.96. The molecule has 1 aliphatic rings. The zero-order valence-corrected chi connectivity index (χ0v) is 13.7. The number of benzene rings is 2. The van der Waals surface area contributed by atoms with Crippen molar-refractivity contribution >= 4 is 35.0 Å². The smallest absolute Gasteiger partial charge is 0.281 e. The number of anilines is 1. The number of amides is 1. The van der Waals surface area contributed by atoms with Crippen LogP contribution in [0.25, 0.3) is 6.08 Å². The largest absolute Gasteiger partial charge is 0.496 e. The molecule has 1 aliphatic heterocycles. The first-order valence-electron chi connectivity index (χ1n) is 7.17. The van der Waals surface area contributed by atoms with Gasteiger partial charge in [-0.1, -0.05) is 36.4 Å². The van der Waals surface area contributed by atoms with Crippen LogP contribution >= 0.6 is 12.2 Å². The summed E-state index contributed by atoms with van der Waals surface area (Å²) in [5.41, 5.74) is 3.03. The summed E-state index contributed by atoms with van der Waals surface area (Å²) in [6.45, 7) is 1.95. The maximum Gasteiger partial charge on any atom is 0.281 e. The van der Waals surface area contributed by atoms with Crippen LogP contribution < -0.4 is 15.0 Å². The lowest BCUT2D eigenvalue weighted by molar-refractivity contribution is -0.113. The summed E-state index contributed by atoms with van der Waals surface area (Å²) in [7, 11) is 1.60. The van der Waals surface area contributed by atoms with Gasteiger partial charge in [0.1, 0.15) is 11.4 Å². The maximum atomic E-state index is 12.7. The number of methoxy groups -OCH3 is 1. The van der Waals surface area contributed by atoms with Gasteiger partial charge in [0.25, 0.3) is 5.91 Å². The molecule has 0 bridgehead atoms. The molecular formula is C18H16N2O2S. The molecule has 1 amide bonds. The van der Waals surface area contributed by atoms with Crippen molar-refractivity contribution in [2.45, 2.75) is 6.92 Å². The lowest BCUT2D eigenvalue weighted by Crippen LogP contribution is -2.30. The zero-order chi connectivity index (χ0) is 16.4. The second-order valence-electron chi connectivity index (χ2n) is 5.16. The molecule has 0 aromatic heterocycles. The number of rotatable bonds is 3. The minimum Gasteiger partial charge on any atom is -0.496 e. The number of hydrogen-bond acceptors (Lipinski definition) is 3. The molecule has 0 saturated carbocycles. The number of hydrogen-bond donors (Lipinski definition) is 1. The Hall–Kier alpha value is -2.66. The molecule has 116 valence electrons. The van der Waals surface area contributed by atoms with Gasteiger partial charge in [0.2, 0.25) is 0 Å². The van der Waals surface area contributed by atoms with E-state index < -0.39 is 0 Å². The van der Waals surface area contributed by atoms with Gasteiger partial charge in [-0.25, -0.2) is 0 Å². The van der Waals surface area contributed by atoms with Crippen LogP contribution in [-0.4, -0.2) is 18.1 Å². The number of thiocarbonyl (C=S) groups is 1. The monoisotopic (exact) mass is 324 g/mol. The Kier molecular flexibility index (Phi) is 4.12. The molecule has 1 heterocycles. The summed E-state index contributed by atoms with van der Waals surface area (Å²) < 4.78 is 5.32. The fourth-order valence-electron chi connectivity index (χ4n) is 2.51. The minimum absolute atomic E-state index is 0.171. The third-order valence-electron chi connectivity index (χ3n) is 3.67. The van der Waals surface area contributed by atoms with E-state index in [0.29, 0.717) is 16.6 Å². The fourth-order valence-corrected chi connectivity index (χ4v) is 2.80. The Balaban J connectivity index is 1.99. The Morgan fingerprint density at radius 1 is 1.13 bits per heavy atom. The van der Waals surface area contributed by atoms with Crippen molar-refractivity contribution in [3.05, 3.63) is 65.4 Å². The van der Waals surface area contributed by atoms with E-state index in [-0.39, 0.29) is 5.91 Å². The Morgan fingerprint density at radius 2 is 1.83 bits per heavy atom. The first kappa shape index (κ1) is 15.2. The van der Waals surface area contributed by atoms with Gasteiger partial charge in [0.05, 0.1) is 12.8 Å². The Labute approximate surface area is 140 Å². The summed E-state index contributed by atoms with van der Waals surface area (Å²) in [6, 6.07) is 15.2. The molecule has 4 nitrogen and oxygen atoms in total. The molecule has 1 N–H and O–H groups in total. The zero-order valence-electron chi connectivity index (χ0n) is 12.9. The van der Waals surface area contributed by atoms with Gasteiger partial charge < -0.3 is 10.1 Å². The van der Waals surface area contributed by atoms with Crippen molar-refractivity contribution in [2.24, 2.45) is 0 Å². The molecule has 2 aromatic rings. The van der Waals surface area contributed by atoms with Crippen molar-refractivity contribution in [1.29, 1.82) is 0 Å². The van der Waals surface area contributed by atoms with Crippen LogP contribution in [0.5, 0.6) is 5.75 Å². The van der Waals surface area contributed by atoms with Gasteiger partial charge in [-0.2, -0.15) is 0 Å². The van der Waals surface area contributed by atoms with E-state index in [9.17, 15) is 4.79 Å². The quantitative estimate of drug-likeness (QED) is 0.695. The molecule has 23 heavy (non-hydrogen) atoms. The van der Waals surface area contributed by atoms with Crippen molar-refractivity contribution < 1.29 is 9.53 Å². The number of carbonyl (C=O) groups is 1. The molecule has 1 fully saturated rings. The SMILES string of the molecule is COc1ccccc1/C=C1\NC(=S)N(c2ccccc2C)C1=O. The molecule has 0 spiro atoms. The minimum atomic E-state index is -0.171. The van der Waals surface area contributed by atoms with Crippen molar-refractivity contribution in [2.75, 3.05) is 12.0 Å². The number of para-hydroxylation sites is 2. The van der Waals surface area contributed by atoms with E-state index in [1.54, 1.807) is 13.2 Å². The maximum absolute atomic E-state index is 12.7. The van der Waals surface area contributed by atoms with E-state index in [2.05, 4.69) is 5.32 Å². The lowest BCUT2D eigenvalue weighted by Gasteiger charge is -2.16. The van der Waals surface area contributed by atoms with E-state index in [1.807, 2.05) is 55.5 Å². The van der Waals surface area contributed by atoms with Gasteiger partial charge in [-0.05, 0) is 42.9 Å². The lowest BCUT2D eigenvalue weighted by atomic mass is 10.1. The molecule has 3 rings (SSSR count). The van der Waals surface area contributed by atoms with Crippen molar-refractivity contribution in [1.82, 2.24) is 5.32 Å². The highest BCUT2D eigenvalue weighted by atomic mass is 32.1. The van der Waals surface area contributed by atoms with Gasteiger partial charge in [-0.3, -0.25) is 9.69 Å². The number of carbonyl (C=O) groups excluding carboxylic acids is 1. The van der Waals surface area contributed by atoms with E-state index >= 15 is 0 Å². The van der Waals surface area contributed by atoms with Crippen molar-refractivity contribution in [3.63, 3.8) is 0 Å². The van der Waals surface area contributed by atoms with Crippen LogP contribution in [0.3, 0.4) is 0 Å². The molecule has 2 aromatic carbocycles. The highest BCUT2D eigenvalue weighted by Gasteiger charge is 2.32. The fraction of sp³-hybridized carbons (Fsp3) is 0.111. The number of nitrogens with zero attached hydrogens (tertiary/aromatic N) is 1. The average Bonchev–Trinajstić information content (AvgIpc) is 2.83. The van der Waals surface area contributed by atoms with Gasteiger partial charge in [0.15, 0.2) is 5.11 Å². The van der Waals surface area contributed by atoms with Crippen molar-refractivity contribution in [3.8, 4) is 5.75 Å². The van der Waals surface area contributed by atoms with E-state index in [1.165, 1.54) is 4.90 Å². The van der Waals surface area contributed by atoms with Gasteiger partial charge in [0, 0.05) is 5.56 Å².